The van der Waals surface area contributed by atoms with Crippen molar-refractivity contribution < 1.29 is 4.74 Å². The fraction of sp³-hybridized carbons (Fsp3) is 0.250. The molecule has 3 rings (SSSR count). The highest BCUT2D eigenvalue weighted by molar-refractivity contribution is 9.10. The fourth-order valence-electron chi connectivity index (χ4n) is 2.42. The smallest absolute Gasteiger partial charge is 0.124 e. The van der Waals surface area contributed by atoms with Crippen LogP contribution in [0.15, 0.2) is 46.9 Å². The third-order valence-corrected chi connectivity index (χ3v) is 4.22. The van der Waals surface area contributed by atoms with E-state index in [0.717, 1.165) is 34.8 Å². The predicted octanol–water partition coefficient (Wildman–Crippen LogP) is 4.72. The molecule has 0 bridgehead atoms. The zero-order valence-corrected chi connectivity index (χ0v) is 13.2. The molecule has 1 N–H and O–H groups in total. The van der Waals surface area contributed by atoms with Crippen LogP contribution in [0.3, 0.4) is 0 Å². The molecule has 20 heavy (non-hydrogen) atoms. The van der Waals surface area contributed by atoms with Gasteiger partial charge >= 0.3 is 0 Å². The summed E-state index contributed by atoms with van der Waals surface area (Å²) in [7, 11) is 0. The first-order chi connectivity index (χ1) is 9.72. The van der Waals surface area contributed by atoms with E-state index >= 15 is 0 Å². The molecule has 0 saturated carbocycles. The standard InChI is InChI=1S/C16H15BrClNO/c17-12-3-6-16-14(9-12)15(7-8-20-16)19-10-11-1-4-13(18)5-2-11/h1-6,9,15,19H,7-8,10H2. The number of rotatable bonds is 3. The predicted molar refractivity (Wildman–Crippen MR) is 85.3 cm³/mol. The van der Waals surface area contributed by atoms with Crippen LogP contribution in [-0.2, 0) is 6.54 Å². The van der Waals surface area contributed by atoms with Crippen LogP contribution < -0.4 is 10.1 Å². The summed E-state index contributed by atoms with van der Waals surface area (Å²) in [5.41, 5.74) is 2.46. The van der Waals surface area contributed by atoms with E-state index in [4.69, 9.17) is 16.3 Å². The topological polar surface area (TPSA) is 21.3 Å². The van der Waals surface area contributed by atoms with Crippen LogP contribution in [0.25, 0.3) is 0 Å². The minimum absolute atomic E-state index is 0.326. The Morgan fingerprint density at radius 1 is 1.20 bits per heavy atom. The molecule has 104 valence electrons. The molecule has 1 aliphatic rings. The Labute approximate surface area is 132 Å². The van der Waals surface area contributed by atoms with Gasteiger partial charge in [0.1, 0.15) is 5.75 Å². The van der Waals surface area contributed by atoms with Gasteiger partial charge in [0, 0.05) is 34.1 Å². The monoisotopic (exact) mass is 351 g/mol. The zero-order chi connectivity index (χ0) is 13.9. The molecule has 0 spiro atoms. The highest BCUT2D eigenvalue weighted by Gasteiger charge is 2.21. The summed E-state index contributed by atoms with van der Waals surface area (Å²) in [6, 6.07) is 14.4. The maximum absolute atomic E-state index is 5.90. The van der Waals surface area contributed by atoms with E-state index in [-0.39, 0.29) is 0 Å². The average Bonchev–Trinajstić information content (AvgIpc) is 2.47. The molecule has 0 fully saturated rings. The van der Waals surface area contributed by atoms with Crippen LogP contribution in [-0.4, -0.2) is 6.61 Å². The van der Waals surface area contributed by atoms with Gasteiger partial charge in [-0.15, -0.1) is 0 Å². The molecule has 0 aliphatic carbocycles. The minimum atomic E-state index is 0.326. The van der Waals surface area contributed by atoms with E-state index in [9.17, 15) is 0 Å². The second-order valence-corrected chi connectivity index (χ2v) is 6.23. The van der Waals surface area contributed by atoms with Gasteiger partial charge < -0.3 is 10.1 Å². The van der Waals surface area contributed by atoms with Gasteiger partial charge in [-0.25, -0.2) is 0 Å². The summed E-state index contributed by atoms with van der Waals surface area (Å²) >= 11 is 9.43. The van der Waals surface area contributed by atoms with Gasteiger partial charge in [0.15, 0.2) is 0 Å². The van der Waals surface area contributed by atoms with E-state index < -0.39 is 0 Å². The number of nitrogens with one attached hydrogen (secondary N) is 1. The first-order valence-corrected chi connectivity index (χ1v) is 7.79. The molecule has 0 aromatic heterocycles. The quantitative estimate of drug-likeness (QED) is 0.863. The first kappa shape index (κ1) is 13.9. The van der Waals surface area contributed by atoms with E-state index in [1.807, 2.05) is 24.3 Å². The SMILES string of the molecule is Clc1ccc(CNC2CCOc3ccc(Br)cc32)cc1. The summed E-state index contributed by atoms with van der Waals surface area (Å²) in [5.74, 6) is 0.980. The molecule has 1 atom stereocenters. The molecule has 1 aliphatic heterocycles. The fourth-order valence-corrected chi connectivity index (χ4v) is 2.93. The molecule has 2 aromatic carbocycles. The molecule has 0 amide bonds. The minimum Gasteiger partial charge on any atom is -0.493 e. The van der Waals surface area contributed by atoms with Crippen molar-refractivity contribution in [1.29, 1.82) is 0 Å². The number of fused-ring (bicyclic) bond motifs is 1. The maximum Gasteiger partial charge on any atom is 0.124 e. The molecule has 4 heteroatoms. The lowest BCUT2D eigenvalue weighted by atomic mass is 10.0. The Hall–Kier alpha value is -1.03. The Morgan fingerprint density at radius 3 is 2.80 bits per heavy atom. The second kappa shape index (κ2) is 6.17. The van der Waals surface area contributed by atoms with Gasteiger partial charge in [-0.2, -0.15) is 0 Å². The molecular weight excluding hydrogens is 338 g/mol. The molecular formula is C16H15BrClNO. The lowest BCUT2D eigenvalue weighted by Gasteiger charge is -2.27. The Balaban J connectivity index is 1.73. The van der Waals surface area contributed by atoms with Crippen LogP contribution in [0.4, 0.5) is 0 Å². The normalized spacial score (nSPS) is 17.4. The first-order valence-electron chi connectivity index (χ1n) is 6.62. The van der Waals surface area contributed by atoms with Crippen LogP contribution in [0.1, 0.15) is 23.6 Å². The number of halogens is 2. The summed E-state index contributed by atoms with van der Waals surface area (Å²) < 4.78 is 6.78. The van der Waals surface area contributed by atoms with Crippen molar-refractivity contribution in [3.05, 3.63) is 63.1 Å². The van der Waals surface area contributed by atoms with Crippen molar-refractivity contribution >= 4 is 27.5 Å². The van der Waals surface area contributed by atoms with Crippen molar-refractivity contribution in [2.45, 2.75) is 19.0 Å². The van der Waals surface area contributed by atoms with Crippen molar-refractivity contribution in [1.82, 2.24) is 5.32 Å². The summed E-state index contributed by atoms with van der Waals surface area (Å²) in [5, 5.41) is 4.37. The van der Waals surface area contributed by atoms with Gasteiger partial charge in [0.05, 0.1) is 6.61 Å². The van der Waals surface area contributed by atoms with E-state index in [1.165, 1.54) is 11.1 Å². The maximum atomic E-state index is 5.90. The summed E-state index contributed by atoms with van der Waals surface area (Å²) in [6.07, 6.45) is 0.983. The van der Waals surface area contributed by atoms with Crippen molar-refractivity contribution in [2.24, 2.45) is 0 Å². The number of hydrogen-bond acceptors (Lipinski definition) is 2. The number of hydrogen-bond donors (Lipinski definition) is 1. The van der Waals surface area contributed by atoms with E-state index in [1.54, 1.807) is 0 Å². The largest absolute Gasteiger partial charge is 0.493 e. The molecule has 0 saturated heterocycles. The van der Waals surface area contributed by atoms with E-state index in [2.05, 4.69) is 39.4 Å². The van der Waals surface area contributed by atoms with E-state index in [0.29, 0.717) is 6.04 Å². The van der Waals surface area contributed by atoms with Crippen LogP contribution in [0.2, 0.25) is 5.02 Å². The molecule has 1 heterocycles. The van der Waals surface area contributed by atoms with Crippen molar-refractivity contribution in [3.8, 4) is 5.75 Å². The van der Waals surface area contributed by atoms with Gasteiger partial charge in [-0.3, -0.25) is 0 Å². The summed E-state index contributed by atoms with van der Waals surface area (Å²) in [4.78, 5) is 0. The highest BCUT2D eigenvalue weighted by Crippen LogP contribution is 2.34. The van der Waals surface area contributed by atoms with Crippen molar-refractivity contribution in [2.75, 3.05) is 6.61 Å². The Morgan fingerprint density at radius 2 is 2.00 bits per heavy atom. The molecule has 0 radical (unpaired) electrons. The van der Waals surface area contributed by atoms with Crippen molar-refractivity contribution in [3.63, 3.8) is 0 Å². The molecule has 2 aromatic rings. The van der Waals surface area contributed by atoms with Gasteiger partial charge in [-0.05, 0) is 35.9 Å². The highest BCUT2D eigenvalue weighted by atomic mass is 79.9. The lowest BCUT2D eigenvalue weighted by molar-refractivity contribution is 0.252. The lowest BCUT2D eigenvalue weighted by Crippen LogP contribution is -2.26. The average molecular weight is 353 g/mol. The van der Waals surface area contributed by atoms with Crippen LogP contribution in [0.5, 0.6) is 5.75 Å². The Kier molecular flexibility index (Phi) is 4.29. The third kappa shape index (κ3) is 3.17. The van der Waals surface area contributed by atoms with Crippen LogP contribution >= 0.6 is 27.5 Å². The van der Waals surface area contributed by atoms with Crippen LogP contribution in [0, 0.1) is 0 Å². The summed E-state index contributed by atoms with van der Waals surface area (Å²) in [6.45, 7) is 1.58. The molecule has 1 unspecified atom stereocenters. The van der Waals surface area contributed by atoms with Gasteiger partial charge in [0.2, 0.25) is 0 Å². The number of ether oxygens (including phenoxy) is 1. The molecule has 2 nitrogen and oxygen atoms in total. The zero-order valence-electron chi connectivity index (χ0n) is 10.9. The van der Waals surface area contributed by atoms with Gasteiger partial charge in [0.25, 0.3) is 0 Å². The third-order valence-electron chi connectivity index (χ3n) is 3.48. The Bertz CT molecular complexity index is 600. The second-order valence-electron chi connectivity index (χ2n) is 4.88. The van der Waals surface area contributed by atoms with Gasteiger partial charge in [-0.1, -0.05) is 39.7 Å². The number of benzene rings is 2.